The van der Waals surface area contributed by atoms with E-state index in [1.165, 1.54) is 14.2 Å². The normalized spacial score (nSPS) is 14.8. The van der Waals surface area contributed by atoms with Gasteiger partial charge >= 0.3 is 5.97 Å². The van der Waals surface area contributed by atoms with Crippen molar-refractivity contribution in [2.75, 3.05) is 50.8 Å². The molecular formula is C26H32FN3O4. The Balaban J connectivity index is 2.06. The van der Waals surface area contributed by atoms with Gasteiger partial charge in [0.25, 0.3) is 0 Å². The van der Waals surface area contributed by atoms with Crippen molar-refractivity contribution in [1.82, 2.24) is 0 Å². The van der Waals surface area contributed by atoms with Crippen molar-refractivity contribution in [3.63, 3.8) is 0 Å². The first-order valence-corrected chi connectivity index (χ1v) is 11.5. The number of halogens is 1. The van der Waals surface area contributed by atoms with Gasteiger partial charge in [-0.25, -0.2) is 4.39 Å². The van der Waals surface area contributed by atoms with Crippen LogP contribution < -0.4 is 10.2 Å². The summed E-state index contributed by atoms with van der Waals surface area (Å²) in [5.74, 6) is -1.31. The van der Waals surface area contributed by atoms with E-state index in [1.54, 1.807) is 24.3 Å². The van der Waals surface area contributed by atoms with Gasteiger partial charge in [0, 0.05) is 44.5 Å². The van der Waals surface area contributed by atoms with Gasteiger partial charge in [0.2, 0.25) is 0 Å². The van der Waals surface area contributed by atoms with Crippen LogP contribution in [0, 0.1) is 17.1 Å². The molecule has 2 aromatic rings. The fourth-order valence-corrected chi connectivity index (χ4v) is 4.38. The molecule has 1 aliphatic rings. The summed E-state index contributed by atoms with van der Waals surface area (Å²) in [6.45, 7) is 4.29. The van der Waals surface area contributed by atoms with Gasteiger partial charge in [-0.3, -0.25) is 4.79 Å². The first-order chi connectivity index (χ1) is 16.5. The molecule has 34 heavy (non-hydrogen) atoms. The molecular weight excluding hydrogens is 437 g/mol. The highest BCUT2D eigenvalue weighted by Gasteiger charge is 2.27. The third kappa shape index (κ3) is 6.25. The van der Waals surface area contributed by atoms with Crippen LogP contribution in [0.5, 0.6) is 0 Å². The van der Waals surface area contributed by atoms with E-state index in [2.05, 4.69) is 23.2 Å². The number of hydrogen-bond donors (Lipinski definition) is 1. The highest BCUT2D eigenvalue weighted by atomic mass is 19.1. The Hall–Kier alpha value is -3.15. The first kappa shape index (κ1) is 25.5. The van der Waals surface area contributed by atoms with Crippen LogP contribution in [0.4, 0.5) is 21.5 Å². The van der Waals surface area contributed by atoms with Gasteiger partial charge in [-0.1, -0.05) is 0 Å². The van der Waals surface area contributed by atoms with Gasteiger partial charge < -0.3 is 24.4 Å². The van der Waals surface area contributed by atoms with E-state index in [0.29, 0.717) is 30.9 Å². The van der Waals surface area contributed by atoms with Gasteiger partial charge in [-0.15, -0.1) is 0 Å². The van der Waals surface area contributed by atoms with Crippen LogP contribution in [-0.4, -0.2) is 52.6 Å². The summed E-state index contributed by atoms with van der Waals surface area (Å²) in [6.07, 6.45) is 1.73. The molecule has 1 fully saturated rings. The summed E-state index contributed by atoms with van der Waals surface area (Å²) in [7, 11) is 2.84. The van der Waals surface area contributed by atoms with Crippen LogP contribution in [0.2, 0.25) is 0 Å². The minimum absolute atomic E-state index is 0.00830. The Kier molecular flexibility index (Phi) is 9.25. The maximum atomic E-state index is 15.5. The summed E-state index contributed by atoms with van der Waals surface area (Å²) in [5.41, 5.74) is 3.18. The fraction of sp³-hybridized carbons (Fsp3) is 0.462. The molecule has 0 aliphatic carbocycles. The zero-order chi connectivity index (χ0) is 24.5. The highest BCUT2D eigenvalue weighted by Crippen LogP contribution is 2.37. The number of carbonyl (C=O) groups excluding carboxylic acids is 1. The lowest BCUT2D eigenvalue weighted by Gasteiger charge is -2.37. The van der Waals surface area contributed by atoms with Crippen molar-refractivity contribution in [3.05, 3.63) is 53.3 Å². The molecule has 0 spiro atoms. The molecule has 1 N–H and O–H groups in total. The second kappa shape index (κ2) is 12.4. The zero-order valence-corrected chi connectivity index (χ0v) is 20.0. The molecule has 7 nitrogen and oxygen atoms in total. The molecule has 0 bridgehead atoms. The summed E-state index contributed by atoms with van der Waals surface area (Å²) in [5, 5.41) is 12.5. The fourth-order valence-electron chi connectivity index (χ4n) is 4.38. The van der Waals surface area contributed by atoms with Crippen molar-refractivity contribution in [1.29, 1.82) is 5.26 Å². The molecule has 1 saturated heterocycles. The van der Waals surface area contributed by atoms with Crippen molar-refractivity contribution in [2.24, 2.45) is 0 Å². The third-order valence-corrected chi connectivity index (χ3v) is 6.14. The van der Waals surface area contributed by atoms with Crippen LogP contribution in [-0.2, 0) is 19.0 Å². The monoisotopic (exact) mass is 469 g/mol. The highest BCUT2D eigenvalue weighted by molar-refractivity contribution is 5.77. The van der Waals surface area contributed by atoms with Crippen molar-refractivity contribution < 1.29 is 23.4 Å². The molecule has 8 heteroatoms. The van der Waals surface area contributed by atoms with Gasteiger partial charge in [0.05, 0.1) is 43.1 Å². The minimum atomic E-state index is -0.494. The van der Waals surface area contributed by atoms with Gasteiger partial charge in [0.1, 0.15) is 5.82 Å². The molecule has 0 aromatic heterocycles. The van der Waals surface area contributed by atoms with Crippen LogP contribution in [0.25, 0.3) is 0 Å². The number of benzene rings is 2. The Bertz CT molecular complexity index is 1000. The van der Waals surface area contributed by atoms with Crippen molar-refractivity contribution in [3.8, 4) is 6.07 Å². The number of esters is 1. The minimum Gasteiger partial charge on any atom is -0.469 e. The third-order valence-electron chi connectivity index (χ3n) is 6.14. The maximum Gasteiger partial charge on any atom is 0.306 e. The first-order valence-electron chi connectivity index (χ1n) is 11.5. The van der Waals surface area contributed by atoms with E-state index in [1.807, 2.05) is 12.1 Å². The molecule has 1 unspecified atom stereocenters. The molecule has 0 saturated carbocycles. The topological polar surface area (TPSA) is 83.8 Å². The number of ether oxygens (including phenoxy) is 3. The Morgan fingerprint density at radius 3 is 2.56 bits per heavy atom. The zero-order valence-electron chi connectivity index (χ0n) is 20.0. The number of methoxy groups -OCH3 is 2. The molecule has 182 valence electrons. The molecule has 1 heterocycles. The lowest BCUT2D eigenvalue weighted by atomic mass is 9.94. The summed E-state index contributed by atoms with van der Waals surface area (Å²) in [4.78, 5) is 14.2. The smallest absolute Gasteiger partial charge is 0.306 e. The Labute approximate surface area is 200 Å². The average molecular weight is 470 g/mol. The molecule has 1 atom stereocenters. The van der Waals surface area contributed by atoms with E-state index in [-0.39, 0.29) is 19.1 Å². The molecule has 2 aromatic carbocycles. The summed E-state index contributed by atoms with van der Waals surface area (Å²) >= 11 is 0. The number of anilines is 3. The summed E-state index contributed by atoms with van der Waals surface area (Å²) in [6, 6.07) is 12.7. The van der Waals surface area contributed by atoms with Crippen LogP contribution in [0.3, 0.4) is 0 Å². The van der Waals surface area contributed by atoms with Gasteiger partial charge in [-0.2, -0.15) is 5.26 Å². The number of rotatable bonds is 10. The second-order valence-corrected chi connectivity index (χ2v) is 8.27. The predicted octanol–water partition coefficient (Wildman–Crippen LogP) is 4.74. The van der Waals surface area contributed by atoms with Crippen molar-refractivity contribution >= 4 is 23.0 Å². The van der Waals surface area contributed by atoms with E-state index < -0.39 is 17.7 Å². The second-order valence-electron chi connectivity index (χ2n) is 8.27. The molecule has 3 rings (SSSR count). The van der Waals surface area contributed by atoms with Crippen LogP contribution in [0.15, 0.2) is 36.4 Å². The van der Waals surface area contributed by atoms with E-state index in [9.17, 15) is 4.79 Å². The SMILES string of the molecule is CCN(c1cc(F)c(C(COC)CC(=O)OC)cc1Nc1ccc(C#N)cc1)C1CCOCC1. The summed E-state index contributed by atoms with van der Waals surface area (Å²) < 4.78 is 31.2. The number of carbonyl (C=O) groups is 1. The molecule has 0 amide bonds. The quantitative estimate of drug-likeness (QED) is 0.503. The average Bonchev–Trinajstić information content (AvgIpc) is 2.86. The number of nitriles is 1. The van der Waals surface area contributed by atoms with Crippen LogP contribution in [0.1, 0.15) is 43.2 Å². The lowest BCUT2D eigenvalue weighted by molar-refractivity contribution is -0.141. The van der Waals surface area contributed by atoms with Crippen LogP contribution >= 0.6 is 0 Å². The molecule has 0 radical (unpaired) electrons. The van der Waals surface area contributed by atoms with E-state index in [4.69, 9.17) is 19.5 Å². The molecule has 1 aliphatic heterocycles. The predicted molar refractivity (Wildman–Crippen MR) is 129 cm³/mol. The van der Waals surface area contributed by atoms with Gasteiger partial charge in [-0.05, 0) is 61.7 Å². The Morgan fingerprint density at radius 1 is 1.26 bits per heavy atom. The van der Waals surface area contributed by atoms with E-state index in [0.717, 1.165) is 29.9 Å². The largest absolute Gasteiger partial charge is 0.469 e. The maximum absolute atomic E-state index is 15.5. The van der Waals surface area contributed by atoms with Crippen molar-refractivity contribution in [2.45, 2.75) is 38.1 Å². The van der Waals surface area contributed by atoms with Gasteiger partial charge in [0.15, 0.2) is 0 Å². The number of hydrogen-bond acceptors (Lipinski definition) is 7. The Morgan fingerprint density at radius 2 is 1.97 bits per heavy atom. The number of nitrogens with zero attached hydrogens (tertiary/aromatic N) is 2. The number of nitrogens with one attached hydrogen (secondary N) is 1. The lowest BCUT2D eigenvalue weighted by Crippen LogP contribution is -2.39. The standard InChI is InChI=1S/C26H32FN3O4/c1-4-30(21-9-11-34-12-10-21)25-15-23(27)22(19(17-32-2)13-26(31)33-3)14-24(25)29-20-7-5-18(16-28)6-8-20/h5-8,14-15,19,21,29H,4,9-13,17H2,1-3H3. The van der Waals surface area contributed by atoms with E-state index >= 15 is 4.39 Å².